The molecule has 4 heteroatoms. The molecular weight excluding hydrogens is 216 g/mol. The van der Waals surface area contributed by atoms with E-state index in [2.05, 4.69) is 24.1 Å². The van der Waals surface area contributed by atoms with Crippen LogP contribution in [-0.4, -0.2) is 50.2 Å². The molecule has 17 heavy (non-hydrogen) atoms. The van der Waals surface area contributed by atoms with Crippen LogP contribution >= 0.6 is 0 Å². The van der Waals surface area contributed by atoms with Crippen LogP contribution in [0.4, 0.5) is 0 Å². The Kier molecular flexibility index (Phi) is 8.17. The molecule has 0 aliphatic carbocycles. The zero-order valence-electron chi connectivity index (χ0n) is 12.1. The lowest BCUT2D eigenvalue weighted by molar-refractivity contribution is -0.146. The average molecular weight is 244 g/mol. The third kappa shape index (κ3) is 6.64. The van der Waals surface area contributed by atoms with Gasteiger partial charge in [0.05, 0.1) is 6.61 Å². The summed E-state index contributed by atoms with van der Waals surface area (Å²) in [4.78, 5) is 13.9. The van der Waals surface area contributed by atoms with E-state index in [1.165, 1.54) is 0 Å². The molecule has 0 aromatic heterocycles. The predicted octanol–water partition coefficient (Wildman–Crippen LogP) is 1.50. The number of likely N-dealkylation sites (N-methyl/N-ethyl adjacent to an activating group) is 1. The maximum Gasteiger partial charge on any atom is 0.323 e. The largest absolute Gasteiger partial charge is 0.465 e. The molecule has 2 atom stereocenters. The van der Waals surface area contributed by atoms with Gasteiger partial charge in [0, 0.05) is 12.6 Å². The molecule has 0 fully saturated rings. The van der Waals surface area contributed by atoms with Gasteiger partial charge in [0.1, 0.15) is 6.04 Å². The molecule has 0 aliphatic rings. The van der Waals surface area contributed by atoms with E-state index in [9.17, 15) is 4.79 Å². The van der Waals surface area contributed by atoms with Crippen LogP contribution < -0.4 is 5.32 Å². The zero-order valence-corrected chi connectivity index (χ0v) is 12.1. The summed E-state index contributed by atoms with van der Waals surface area (Å²) in [5, 5.41) is 3.40. The van der Waals surface area contributed by atoms with Crippen molar-refractivity contribution in [3.8, 4) is 0 Å². The topological polar surface area (TPSA) is 41.6 Å². The van der Waals surface area contributed by atoms with Crippen LogP contribution in [0, 0.1) is 5.92 Å². The van der Waals surface area contributed by atoms with E-state index in [-0.39, 0.29) is 12.0 Å². The molecule has 4 nitrogen and oxygen atoms in total. The van der Waals surface area contributed by atoms with Crippen LogP contribution in [0.2, 0.25) is 0 Å². The van der Waals surface area contributed by atoms with Gasteiger partial charge in [-0.05, 0) is 33.4 Å². The molecule has 0 bridgehead atoms. The first-order valence-electron chi connectivity index (χ1n) is 6.49. The van der Waals surface area contributed by atoms with Crippen molar-refractivity contribution in [1.29, 1.82) is 0 Å². The lowest BCUT2D eigenvalue weighted by atomic mass is 10.0. The van der Waals surface area contributed by atoms with Crippen molar-refractivity contribution < 1.29 is 9.53 Å². The van der Waals surface area contributed by atoms with Crippen LogP contribution in [-0.2, 0) is 9.53 Å². The predicted molar refractivity (Wildman–Crippen MR) is 71.0 cm³/mol. The lowest BCUT2D eigenvalue weighted by Crippen LogP contribution is -2.50. The Morgan fingerprint density at radius 1 is 1.29 bits per heavy atom. The van der Waals surface area contributed by atoms with Crippen LogP contribution in [0.1, 0.15) is 34.1 Å². The van der Waals surface area contributed by atoms with Gasteiger partial charge in [-0.25, -0.2) is 0 Å². The first-order valence-corrected chi connectivity index (χ1v) is 6.49. The van der Waals surface area contributed by atoms with Crippen molar-refractivity contribution in [2.75, 3.05) is 27.2 Å². The molecule has 2 unspecified atom stereocenters. The van der Waals surface area contributed by atoms with E-state index in [0.717, 1.165) is 13.0 Å². The molecule has 0 aromatic carbocycles. The number of nitrogens with one attached hydrogen (secondary N) is 1. The van der Waals surface area contributed by atoms with Crippen LogP contribution in [0.5, 0.6) is 0 Å². The minimum atomic E-state index is -0.192. The molecule has 0 heterocycles. The van der Waals surface area contributed by atoms with E-state index in [1.807, 2.05) is 27.9 Å². The monoisotopic (exact) mass is 244 g/mol. The molecule has 0 spiro atoms. The quantitative estimate of drug-likeness (QED) is 0.657. The summed E-state index contributed by atoms with van der Waals surface area (Å²) in [6.45, 7) is 9.54. The fraction of sp³-hybridized carbons (Fsp3) is 0.923. The Balaban J connectivity index is 4.42. The van der Waals surface area contributed by atoms with Gasteiger partial charge in [0.25, 0.3) is 0 Å². The Hall–Kier alpha value is -0.610. The van der Waals surface area contributed by atoms with Crippen molar-refractivity contribution in [2.24, 2.45) is 5.92 Å². The minimum absolute atomic E-state index is 0.139. The minimum Gasteiger partial charge on any atom is -0.465 e. The van der Waals surface area contributed by atoms with Crippen molar-refractivity contribution in [2.45, 2.75) is 46.2 Å². The summed E-state index contributed by atoms with van der Waals surface area (Å²) in [5.74, 6) is 0.347. The molecule has 0 saturated heterocycles. The Bertz CT molecular complexity index is 217. The van der Waals surface area contributed by atoms with E-state index in [0.29, 0.717) is 18.6 Å². The molecule has 0 aromatic rings. The van der Waals surface area contributed by atoms with Gasteiger partial charge < -0.3 is 15.0 Å². The Morgan fingerprint density at radius 3 is 2.24 bits per heavy atom. The number of carbonyl (C=O) groups is 1. The van der Waals surface area contributed by atoms with Gasteiger partial charge in [-0.1, -0.05) is 20.8 Å². The second kappa shape index (κ2) is 8.48. The summed E-state index contributed by atoms with van der Waals surface area (Å²) >= 11 is 0. The molecule has 0 rings (SSSR count). The summed E-state index contributed by atoms with van der Waals surface area (Å²) in [5.41, 5.74) is 0. The summed E-state index contributed by atoms with van der Waals surface area (Å²) in [6.07, 6.45) is 0.759. The van der Waals surface area contributed by atoms with E-state index >= 15 is 0 Å². The van der Waals surface area contributed by atoms with Gasteiger partial charge in [0.15, 0.2) is 0 Å². The molecule has 1 N–H and O–H groups in total. The normalized spacial score (nSPS) is 15.1. The van der Waals surface area contributed by atoms with Gasteiger partial charge >= 0.3 is 5.97 Å². The lowest BCUT2D eigenvalue weighted by Gasteiger charge is -2.29. The van der Waals surface area contributed by atoms with E-state index < -0.39 is 0 Å². The van der Waals surface area contributed by atoms with Crippen LogP contribution in [0.3, 0.4) is 0 Å². The highest BCUT2D eigenvalue weighted by atomic mass is 16.5. The third-order valence-electron chi connectivity index (χ3n) is 2.76. The number of rotatable bonds is 8. The number of carbonyl (C=O) groups excluding carboxylic acids is 1. The van der Waals surface area contributed by atoms with Gasteiger partial charge in [-0.3, -0.25) is 4.79 Å². The molecule has 0 saturated carbocycles. The van der Waals surface area contributed by atoms with Crippen LogP contribution in [0.25, 0.3) is 0 Å². The van der Waals surface area contributed by atoms with Crippen molar-refractivity contribution in [1.82, 2.24) is 10.2 Å². The Labute approximate surface area is 106 Å². The van der Waals surface area contributed by atoms with Crippen molar-refractivity contribution >= 4 is 5.97 Å². The van der Waals surface area contributed by atoms with Gasteiger partial charge in [-0.15, -0.1) is 0 Å². The first-order chi connectivity index (χ1) is 7.92. The van der Waals surface area contributed by atoms with E-state index in [1.54, 1.807) is 0 Å². The number of ether oxygens (including phenoxy) is 1. The fourth-order valence-corrected chi connectivity index (χ4v) is 1.70. The molecule has 0 amide bonds. The average Bonchev–Trinajstić information content (AvgIpc) is 2.23. The molecule has 0 radical (unpaired) electrons. The maximum absolute atomic E-state index is 11.7. The molecule has 102 valence electrons. The van der Waals surface area contributed by atoms with Gasteiger partial charge in [-0.2, -0.15) is 0 Å². The van der Waals surface area contributed by atoms with Crippen LogP contribution in [0.15, 0.2) is 0 Å². The first kappa shape index (κ1) is 16.4. The highest BCUT2D eigenvalue weighted by Crippen LogP contribution is 2.06. The second-order valence-electron chi connectivity index (χ2n) is 4.99. The van der Waals surface area contributed by atoms with Crippen molar-refractivity contribution in [3.63, 3.8) is 0 Å². The van der Waals surface area contributed by atoms with Gasteiger partial charge in [0.2, 0.25) is 0 Å². The number of hydrogen-bond acceptors (Lipinski definition) is 4. The summed E-state index contributed by atoms with van der Waals surface area (Å²) in [6, 6.07) is 0.113. The fourth-order valence-electron chi connectivity index (χ4n) is 1.70. The number of hydrogen-bond donors (Lipinski definition) is 1. The standard InChI is InChI=1S/C13H28N2O2/c1-7-11(13(16)17-8-2)14-12(10(3)4)9-15(5)6/h10-12,14H,7-9H2,1-6H3. The maximum atomic E-state index is 11.7. The zero-order chi connectivity index (χ0) is 13.4. The second-order valence-corrected chi connectivity index (χ2v) is 4.99. The Morgan fingerprint density at radius 2 is 1.88 bits per heavy atom. The smallest absolute Gasteiger partial charge is 0.323 e. The number of esters is 1. The SMILES string of the molecule is CCOC(=O)C(CC)NC(CN(C)C)C(C)C. The number of nitrogens with zero attached hydrogens (tertiary/aromatic N) is 1. The van der Waals surface area contributed by atoms with Crippen molar-refractivity contribution in [3.05, 3.63) is 0 Å². The third-order valence-corrected chi connectivity index (χ3v) is 2.76. The molecular formula is C13H28N2O2. The highest BCUT2D eigenvalue weighted by molar-refractivity contribution is 5.75. The summed E-state index contributed by atoms with van der Waals surface area (Å²) < 4.78 is 5.07. The van der Waals surface area contributed by atoms with E-state index in [4.69, 9.17) is 4.74 Å². The summed E-state index contributed by atoms with van der Waals surface area (Å²) in [7, 11) is 4.09. The molecule has 0 aliphatic heterocycles. The highest BCUT2D eigenvalue weighted by Gasteiger charge is 2.23.